The third-order valence-electron chi connectivity index (χ3n) is 5.34. The highest BCUT2D eigenvalue weighted by Gasteiger charge is 2.32. The predicted molar refractivity (Wildman–Crippen MR) is 105 cm³/mol. The first-order chi connectivity index (χ1) is 13.3. The quantitative estimate of drug-likeness (QED) is 0.581. The van der Waals surface area contributed by atoms with Crippen LogP contribution in [0.1, 0.15) is 29.5 Å². The van der Waals surface area contributed by atoms with Gasteiger partial charge in [0, 0.05) is 16.5 Å². The normalized spacial score (nSPS) is 18.7. The molecule has 1 aliphatic carbocycles. The van der Waals surface area contributed by atoms with Gasteiger partial charge in [-0.1, -0.05) is 48.0 Å². The minimum Gasteiger partial charge on any atom is -0.396 e. The van der Waals surface area contributed by atoms with Gasteiger partial charge in [-0.05, 0) is 29.7 Å². The van der Waals surface area contributed by atoms with E-state index in [1.54, 1.807) is 6.33 Å². The van der Waals surface area contributed by atoms with E-state index in [9.17, 15) is 5.11 Å². The summed E-state index contributed by atoms with van der Waals surface area (Å²) in [5.74, 6) is 0.140. The highest BCUT2D eigenvalue weighted by molar-refractivity contribution is 6.30. The lowest BCUT2D eigenvalue weighted by molar-refractivity contribution is 0.259. The molecule has 0 bridgehead atoms. The van der Waals surface area contributed by atoms with Gasteiger partial charge in [0.25, 0.3) is 0 Å². The number of nitrogens with zero attached hydrogens (tertiary/aromatic N) is 4. The van der Waals surface area contributed by atoms with Gasteiger partial charge < -0.3 is 9.67 Å². The smallest absolute Gasteiger partial charge is 0.164 e. The Hall–Kier alpha value is -2.76. The molecule has 4 aromatic rings. The van der Waals surface area contributed by atoms with Crippen molar-refractivity contribution in [3.05, 3.63) is 77.3 Å². The number of hydrogen-bond acceptors (Lipinski definition) is 4. The average molecular weight is 377 g/mol. The maximum Gasteiger partial charge on any atom is 0.164 e. The monoisotopic (exact) mass is 376 g/mol. The van der Waals surface area contributed by atoms with Gasteiger partial charge in [0.1, 0.15) is 17.5 Å². The molecule has 0 fully saturated rings. The number of rotatable bonds is 3. The molecule has 2 aromatic heterocycles. The van der Waals surface area contributed by atoms with Gasteiger partial charge in [-0.25, -0.2) is 15.0 Å². The second kappa shape index (κ2) is 6.44. The van der Waals surface area contributed by atoms with Crippen LogP contribution in [0.15, 0.2) is 61.2 Å². The zero-order valence-corrected chi connectivity index (χ0v) is 15.2. The molecule has 1 aliphatic rings. The Morgan fingerprint density at radius 3 is 2.56 bits per heavy atom. The summed E-state index contributed by atoms with van der Waals surface area (Å²) >= 11 is 6.01. The van der Waals surface area contributed by atoms with Crippen LogP contribution in [-0.2, 0) is 0 Å². The molecule has 0 saturated carbocycles. The van der Waals surface area contributed by atoms with Gasteiger partial charge in [0.2, 0.25) is 0 Å². The van der Waals surface area contributed by atoms with Crippen molar-refractivity contribution in [3.63, 3.8) is 0 Å². The number of benzene rings is 2. The van der Waals surface area contributed by atoms with Crippen LogP contribution in [0.2, 0.25) is 5.02 Å². The molecule has 6 heteroatoms. The van der Waals surface area contributed by atoms with Crippen molar-refractivity contribution in [2.75, 3.05) is 6.61 Å². The van der Waals surface area contributed by atoms with E-state index in [2.05, 4.69) is 31.7 Å². The lowest BCUT2D eigenvalue weighted by Crippen LogP contribution is -2.08. The molecule has 2 heterocycles. The molecule has 134 valence electrons. The summed E-state index contributed by atoms with van der Waals surface area (Å²) in [7, 11) is 0. The van der Waals surface area contributed by atoms with Crippen molar-refractivity contribution in [1.82, 2.24) is 19.5 Å². The van der Waals surface area contributed by atoms with Gasteiger partial charge >= 0.3 is 0 Å². The Morgan fingerprint density at radius 1 is 1.00 bits per heavy atom. The summed E-state index contributed by atoms with van der Waals surface area (Å²) in [6.07, 6.45) is 4.25. The number of hydrogen-bond donors (Lipinski definition) is 1. The molecule has 0 aliphatic heterocycles. The number of fused-ring (bicyclic) bond motifs is 2. The molecule has 0 amide bonds. The summed E-state index contributed by atoms with van der Waals surface area (Å²) in [4.78, 5) is 13.6. The fourth-order valence-electron chi connectivity index (χ4n) is 4.04. The summed E-state index contributed by atoms with van der Waals surface area (Å²) in [5.41, 5.74) is 5.75. The average Bonchev–Trinajstić information content (AvgIpc) is 3.29. The van der Waals surface area contributed by atoms with Crippen LogP contribution in [0, 0.1) is 0 Å². The fraction of sp³-hybridized carbons (Fsp3) is 0.190. The van der Waals surface area contributed by atoms with Crippen molar-refractivity contribution in [1.29, 1.82) is 0 Å². The van der Waals surface area contributed by atoms with Crippen LogP contribution in [0.3, 0.4) is 0 Å². The maximum atomic E-state index is 9.80. The lowest BCUT2D eigenvalue weighted by Gasteiger charge is -2.14. The Bertz CT molecular complexity index is 1120. The largest absolute Gasteiger partial charge is 0.396 e. The van der Waals surface area contributed by atoms with E-state index >= 15 is 0 Å². The third-order valence-corrected chi connectivity index (χ3v) is 5.59. The van der Waals surface area contributed by atoms with E-state index in [4.69, 9.17) is 11.6 Å². The van der Waals surface area contributed by atoms with Crippen molar-refractivity contribution >= 4 is 22.8 Å². The molecule has 0 unspecified atom stereocenters. The molecule has 0 spiro atoms. The first-order valence-corrected chi connectivity index (χ1v) is 9.27. The number of aliphatic hydroxyl groups excluding tert-OH is 1. The topological polar surface area (TPSA) is 63.8 Å². The molecule has 1 N–H and O–H groups in total. The Morgan fingerprint density at radius 2 is 1.78 bits per heavy atom. The Labute approximate surface area is 161 Å². The van der Waals surface area contributed by atoms with E-state index in [1.807, 2.05) is 42.7 Å². The van der Waals surface area contributed by atoms with Crippen LogP contribution in [0.5, 0.6) is 0 Å². The van der Waals surface area contributed by atoms with Crippen LogP contribution >= 0.6 is 11.6 Å². The molecular formula is C21H17ClN4O. The molecule has 27 heavy (non-hydrogen) atoms. The van der Waals surface area contributed by atoms with Crippen molar-refractivity contribution < 1.29 is 5.11 Å². The highest BCUT2D eigenvalue weighted by Crippen LogP contribution is 2.43. The van der Waals surface area contributed by atoms with E-state index < -0.39 is 0 Å². The first kappa shape index (κ1) is 16.4. The van der Waals surface area contributed by atoms with Gasteiger partial charge in [0.05, 0.1) is 19.0 Å². The maximum absolute atomic E-state index is 9.80. The van der Waals surface area contributed by atoms with E-state index in [0.717, 1.165) is 28.8 Å². The van der Waals surface area contributed by atoms with Gasteiger partial charge in [-0.15, -0.1) is 0 Å². The van der Waals surface area contributed by atoms with Crippen LogP contribution in [-0.4, -0.2) is 31.2 Å². The number of imidazole rings is 1. The summed E-state index contributed by atoms with van der Waals surface area (Å²) in [6.45, 7) is 0.144. The second-order valence-corrected chi connectivity index (χ2v) is 7.25. The molecule has 5 rings (SSSR count). The molecule has 2 aromatic carbocycles. The molecular weight excluding hydrogens is 360 g/mol. The third kappa shape index (κ3) is 2.62. The summed E-state index contributed by atoms with van der Waals surface area (Å²) < 4.78 is 2.10. The minimum atomic E-state index is 0.108. The Balaban J connectivity index is 1.64. The summed E-state index contributed by atoms with van der Waals surface area (Å²) in [5, 5.41) is 10.5. The van der Waals surface area contributed by atoms with Crippen molar-refractivity contribution in [2.45, 2.75) is 18.4 Å². The fourth-order valence-corrected chi connectivity index (χ4v) is 4.17. The van der Waals surface area contributed by atoms with Crippen LogP contribution < -0.4 is 0 Å². The number of aromatic nitrogens is 4. The predicted octanol–water partition coefficient (Wildman–Crippen LogP) is 4.22. The summed E-state index contributed by atoms with van der Waals surface area (Å²) in [6, 6.07) is 16.0. The SMILES string of the molecule is OC[C@H]1C[C@@H](n2cnc3c(-c4ccc(Cl)cc4)ncnc32)c2ccccc21. The second-order valence-electron chi connectivity index (χ2n) is 6.81. The Kier molecular flexibility index (Phi) is 3.92. The molecule has 5 nitrogen and oxygen atoms in total. The van der Waals surface area contributed by atoms with Gasteiger partial charge in [-0.3, -0.25) is 0 Å². The van der Waals surface area contributed by atoms with Crippen LogP contribution in [0.4, 0.5) is 0 Å². The molecule has 0 saturated heterocycles. The van der Waals surface area contributed by atoms with Gasteiger partial charge in [-0.2, -0.15) is 0 Å². The highest BCUT2D eigenvalue weighted by atomic mass is 35.5. The standard InChI is InChI=1S/C21H17ClN4O/c22-15-7-5-13(6-8-15)19-20-21(24-11-23-19)26(12-25-20)18-9-14(10-27)16-3-1-2-4-17(16)18/h1-8,11-12,14,18,27H,9-10H2/t14-,18-/m1/s1. The van der Waals surface area contributed by atoms with E-state index in [1.165, 1.54) is 11.1 Å². The van der Waals surface area contributed by atoms with Crippen molar-refractivity contribution in [3.8, 4) is 11.3 Å². The zero-order valence-electron chi connectivity index (χ0n) is 14.5. The van der Waals surface area contributed by atoms with E-state index in [0.29, 0.717) is 5.02 Å². The number of aliphatic hydroxyl groups is 1. The first-order valence-electron chi connectivity index (χ1n) is 8.89. The molecule has 2 atom stereocenters. The molecule has 0 radical (unpaired) electrons. The number of halogens is 1. The zero-order chi connectivity index (χ0) is 18.4. The minimum absolute atomic E-state index is 0.108. The van der Waals surface area contributed by atoms with Crippen LogP contribution in [0.25, 0.3) is 22.4 Å². The van der Waals surface area contributed by atoms with E-state index in [-0.39, 0.29) is 18.6 Å². The van der Waals surface area contributed by atoms with Gasteiger partial charge in [0.15, 0.2) is 5.65 Å². The van der Waals surface area contributed by atoms with Crippen molar-refractivity contribution in [2.24, 2.45) is 0 Å². The lowest BCUT2D eigenvalue weighted by atomic mass is 10.0.